The quantitative estimate of drug-likeness (QED) is 0.501. The van der Waals surface area contributed by atoms with Gasteiger partial charge in [0.2, 0.25) is 5.91 Å². The van der Waals surface area contributed by atoms with Gasteiger partial charge in [0.05, 0.1) is 13.7 Å². The third kappa shape index (κ3) is 6.25. The van der Waals surface area contributed by atoms with Crippen LogP contribution >= 0.6 is 0 Å². The third-order valence-electron chi connectivity index (χ3n) is 4.50. The van der Waals surface area contributed by atoms with Crippen LogP contribution in [-0.2, 0) is 11.4 Å². The molecule has 3 rings (SSSR count). The molecule has 166 valence electrons. The highest BCUT2D eigenvalue weighted by molar-refractivity contribution is 6.05. The number of amides is 2. The number of carbonyl (C=O) groups excluding carboxylic acids is 2. The second-order valence-corrected chi connectivity index (χ2v) is 6.94. The second kappa shape index (κ2) is 10.9. The van der Waals surface area contributed by atoms with E-state index in [-0.39, 0.29) is 18.4 Å². The maximum atomic E-state index is 12.8. The summed E-state index contributed by atoms with van der Waals surface area (Å²) >= 11 is 0. The van der Waals surface area contributed by atoms with Gasteiger partial charge in [0, 0.05) is 35.5 Å². The number of hydrogen-bond donors (Lipinski definition) is 2. The molecule has 0 radical (unpaired) electrons. The number of anilines is 2. The molecule has 0 saturated carbocycles. The van der Waals surface area contributed by atoms with Gasteiger partial charge in [-0.15, -0.1) is 0 Å². The molecule has 0 aliphatic carbocycles. The zero-order chi connectivity index (χ0) is 22.9. The predicted octanol–water partition coefficient (Wildman–Crippen LogP) is 4.88. The van der Waals surface area contributed by atoms with E-state index in [4.69, 9.17) is 14.2 Å². The number of hydrogen-bond acceptors (Lipinski definition) is 5. The van der Waals surface area contributed by atoms with E-state index in [0.29, 0.717) is 40.8 Å². The van der Waals surface area contributed by atoms with Crippen LogP contribution in [-0.4, -0.2) is 25.5 Å². The van der Waals surface area contributed by atoms with Crippen LogP contribution in [0.5, 0.6) is 17.2 Å². The Hall–Kier alpha value is -4.00. The topological polar surface area (TPSA) is 85.9 Å². The minimum absolute atomic E-state index is 0.180. The molecule has 0 atom stereocenters. The summed E-state index contributed by atoms with van der Waals surface area (Å²) in [5, 5.41) is 5.55. The average Bonchev–Trinajstić information content (AvgIpc) is 2.78. The summed E-state index contributed by atoms with van der Waals surface area (Å²) in [4.78, 5) is 24.1. The summed E-state index contributed by atoms with van der Waals surface area (Å²) in [6.07, 6.45) is 0. The van der Waals surface area contributed by atoms with E-state index in [2.05, 4.69) is 10.6 Å². The Balaban J connectivity index is 1.76. The molecular formula is C25H26N2O5. The molecule has 0 aliphatic heterocycles. The Kier molecular flexibility index (Phi) is 7.70. The van der Waals surface area contributed by atoms with Crippen molar-refractivity contribution in [2.24, 2.45) is 0 Å². The van der Waals surface area contributed by atoms with E-state index in [9.17, 15) is 9.59 Å². The molecule has 0 unspecified atom stereocenters. The fourth-order valence-corrected chi connectivity index (χ4v) is 3.06. The monoisotopic (exact) mass is 434 g/mol. The maximum absolute atomic E-state index is 12.8. The fraction of sp³-hybridized carbons (Fsp3) is 0.200. The van der Waals surface area contributed by atoms with Gasteiger partial charge in [-0.1, -0.05) is 12.1 Å². The smallest absolute Gasteiger partial charge is 0.255 e. The number of nitrogens with one attached hydrogen (secondary N) is 2. The molecule has 0 spiro atoms. The van der Waals surface area contributed by atoms with Crippen molar-refractivity contribution in [2.75, 3.05) is 24.4 Å². The van der Waals surface area contributed by atoms with Gasteiger partial charge in [0.1, 0.15) is 23.9 Å². The van der Waals surface area contributed by atoms with E-state index in [1.165, 1.54) is 6.92 Å². The lowest BCUT2D eigenvalue weighted by Gasteiger charge is -2.14. The van der Waals surface area contributed by atoms with Crippen molar-refractivity contribution in [1.82, 2.24) is 0 Å². The molecule has 7 heteroatoms. The number of ether oxygens (including phenoxy) is 3. The largest absolute Gasteiger partial charge is 0.497 e. The Morgan fingerprint density at radius 1 is 0.844 bits per heavy atom. The van der Waals surface area contributed by atoms with Gasteiger partial charge in [-0.2, -0.15) is 0 Å². The Morgan fingerprint density at radius 2 is 1.56 bits per heavy atom. The van der Waals surface area contributed by atoms with Gasteiger partial charge in [0.25, 0.3) is 5.91 Å². The van der Waals surface area contributed by atoms with Gasteiger partial charge in [-0.3, -0.25) is 9.59 Å². The number of methoxy groups -OCH3 is 1. The molecule has 0 saturated heterocycles. The van der Waals surface area contributed by atoms with E-state index in [1.807, 2.05) is 25.1 Å². The van der Waals surface area contributed by atoms with Crippen LogP contribution < -0.4 is 24.8 Å². The maximum Gasteiger partial charge on any atom is 0.255 e. The van der Waals surface area contributed by atoms with Gasteiger partial charge >= 0.3 is 0 Å². The third-order valence-corrected chi connectivity index (χ3v) is 4.50. The average molecular weight is 434 g/mol. The van der Waals surface area contributed by atoms with Crippen molar-refractivity contribution >= 4 is 23.2 Å². The van der Waals surface area contributed by atoms with Crippen molar-refractivity contribution in [2.45, 2.75) is 20.5 Å². The van der Waals surface area contributed by atoms with Crippen LogP contribution in [0.2, 0.25) is 0 Å². The van der Waals surface area contributed by atoms with Crippen molar-refractivity contribution in [1.29, 1.82) is 0 Å². The molecule has 7 nitrogen and oxygen atoms in total. The van der Waals surface area contributed by atoms with Crippen molar-refractivity contribution in [3.63, 3.8) is 0 Å². The highest BCUT2D eigenvalue weighted by Crippen LogP contribution is 2.25. The molecule has 2 amide bonds. The first kappa shape index (κ1) is 22.7. The summed E-state index contributed by atoms with van der Waals surface area (Å²) in [7, 11) is 1.60. The summed E-state index contributed by atoms with van der Waals surface area (Å²) < 4.78 is 16.8. The molecule has 0 aromatic heterocycles. The van der Waals surface area contributed by atoms with Crippen LogP contribution in [0.25, 0.3) is 0 Å². The minimum atomic E-state index is -0.282. The van der Waals surface area contributed by atoms with E-state index < -0.39 is 0 Å². The van der Waals surface area contributed by atoms with Crippen LogP contribution in [0, 0.1) is 0 Å². The standard InChI is InChI=1S/C25H26N2O5/c1-4-31-24-12-11-18(13-19(24)16-32-23-10-6-9-22(15-23)30-3)25(29)27-21-8-5-7-20(14-21)26-17(2)28/h5-15H,4,16H2,1-3H3,(H,26,28)(H,27,29). The van der Waals surface area contributed by atoms with E-state index >= 15 is 0 Å². The molecule has 32 heavy (non-hydrogen) atoms. The molecular weight excluding hydrogens is 408 g/mol. The molecule has 2 N–H and O–H groups in total. The summed E-state index contributed by atoms with van der Waals surface area (Å²) in [6.45, 7) is 4.05. The normalized spacial score (nSPS) is 10.2. The fourth-order valence-electron chi connectivity index (χ4n) is 3.06. The van der Waals surface area contributed by atoms with Crippen LogP contribution in [0.3, 0.4) is 0 Å². The zero-order valence-corrected chi connectivity index (χ0v) is 18.3. The van der Waals surface area contributed by atoms with Crippen molar-refractivity contribution < 1.29 is 23.8 Å². The second-order valence-electron chi connectivity index (χ2n) is 6.94. The van der Waals surface area contributed by atoms with Crippen molar-refractivity contribution in [3.8, 4) is 17.2 Å². The first-order valence-electron chi connectivity index (χ1n) is 10.2. The molecule has 0 heterocycles. The Bertz CT molecular complexity index is 1100. The molecule has 0 fully saturated rings. The van der Waals surface area contributed by atoms with E-state index in [0.717, 1.165) is 5.56 Å². The van der Waals surface area contributed by atoms with Crippen LogP contribution in [0.15, 0.2) is 66.7 Å². The molecule has 3 aromatic rings. The van der Waals surface area contributed by atoms with Crippen LogP contribution in [0.4, 0.5) is 11.4 Å². The lowest BCUT2D eigenvalue weighted by molar-refractivity contribution is -0.114. The Labute approximate surface area is 187 Å². The molecule has 0 aliphatic rings. The summed E-state index contributed by atoms with van der Waals surface area (Å²) in [5.41, 5.74) is 2.38. The van der Waals surface area contributed by atoms with Gasteiger partial charge in [-0.05, 0) is 55.5 Å². The molecule has 3 aromatic carbocycles. The Morgan fingerprint density at radius 3 is 2.28 bits per heavy atom. The summed E-state index contributed by atoms with van der Waals surface area (Å²) in [5.74, 6) is 1.54. The number of carbonyl (C=O) groups is 2. The highest BCUT2D eigenvalue weighted by atomic mass is 16.5. The SMILES string of the molecule is CCOc1ccc(C(=O)Nc2cccc(NC(C)=O)c2)cc1COc1cccc(OC)c1. The minimum Gasteiger partial charge on any atom is -0.497 e. The number of benzene rings is 3. The first-order valence-corrected chi connectivity index (χ1v) is 10.2. The summed E-state index contributed by atoms with van der Waals surface area (Å²) in [6, 6.07) is 19.5. The lowest BCUT2D eigenvalue weighted by Crippen LogP contribution is -2.13. The van der Waals surface area contributed by atoms with Crippen LogP contribution in [0.1, 0.15) is 29.8 Å². The van der Waals surface area contributed by atoms with Gasteiger partial charge in [-0.25, -0.2) is 0 Å². The lowest BCUT2D eigenvalue weighted by atomic mass is 10.1. The highest BCUT2D eigenvalue weighted by Gasteiger charge is 2.12. The van der Waals surface area contributed by atoms with Gasteiger partial charge in [0.15, 0.2) is 0 Å². The first-order chi connectivity index (χ1) is 15.5. The zero-order valence-electron chi connectivity index (χ0n) is 18.3. The number of rotatable bonds is 9. The van der Waals surface area contributed by atoms with Crippen molar-refractivity contribution in [3.05, 3.63) is 77.9 Å². The van der Waals surface area contributed by atoms with E-state index in [1.54, 1.807) is 55.6 Å². The predicted molar refractivity (Wildman–Crippen MR) is 124 cm³/mol. The molecule has 0 bridgehead atoms. The van der Waals surface area contributed by atoms with Gasteiger partial charge < -0.3 is 24.8 Å².